The van der Waals surface area contributed by atoms with Crippen molar-refractivity contribution < 1.29 is 13.9 Å². The molecule has 0 radical (unpaired) electrons. The van der Waals surface area contributed by atoms with Gasteiger partial charge in [-0.15, -0.1) is 0 Å². The normalized spacial score (nSPS) is 10.5. The third kappa shape index (κ3) is 6.04. The molecule has 2 N–H and O–H groups in total. The summed E-state index contributed by atoms with van der Waals surface area (Å²) in [7, 11) is 0. The van der Waals surface area contributed by atoms with Crippen LogP contribution in [0.25, 0.3) is 0 Å². The zero-order valence-corrected chi connectivity index (χ0v) is 12.2. The molecular formula is C16H24FNO2. The molecule has 0 heterocycles. The minimum absolute atomic E-state index is 0.105. The van der Waals surface area contributed by atoms with E-state index in [1.165, 1.54) is 44.2 Å². The molecule has 0 fully saturated rings. The number of esters is 1. The lowest BCUT2D eigenvalue weighted by Crippen LogP contribution is -2.09. The molecule has 0 amide bonds. The zero-order chi connectivity index (χ0) is 14.8. The predicted molar refractivity (Wildman–Crippen MR) is 79.1 cm³/mol. The van der Waals surface area contributed by atoms with Crippen molar-refractivity contribution in [3.63, 3.8) is 0 Å². The highest BCUT2D eigenvalue weighted by atomic mass is 19.1. The fourth-order valence-electron chi connectivity index (χ4n) is 2.01. The summed E-state index contributed by atoms with van der Waals surface area (Å²) in [6.45, 7) is 2.56. The van der Waals surface area contributed by atoms with Gasteiger partial charge in [0.05, 0.1) is 12.2 Å². The molecule has 0 atom stereocenters. The fourth-order valence-corrected chi connectivity index (χ4v) is 2.01. The number of rotatable bonds is 9. The first kappa shape index (κ1) is 16.5. The Hall–Kier alpha value is -1.58. The number of hydrogen-bond donors (Lipinski definition) is 1. The standard InChI is InChI=1S/C16H24FNO2/c1-2-3-4-5-6-7-8-11-20-16(19)14-12-13(17)9-10-15(14)18/h9-10,12H,2-8,11,18H2,1H3. The molecule has 3 nitrogen and oxygen atoms in total. The van der Waals surface area contributed by atoms with Crippen LogP contribution in [0.5, 0.6) is 0 Å². The van der Waals surface area contributed by atoms with Crippen LogP contribution in [0, 0.1) is 5.82 Å². The van der Waals surface area contributed by atoms with E-state index in [0.29, 0.717) is 6.61 Å². The number of ether oxygens (including phenoxy) is 1. The van der Waals surface area contributed by atoms with E-state index >= 15 is 0 Å². The van der Waals surface area contributed by atoms with Crippen LogP contribution in [0.3, 0.4) is 0 Å². The molecule has 0 aromatic heterocycles. The lowest BCUT2D eigenvalue weighted by atomic mass is 10.1. The van der Waals surface area contributed by atoms with Crippen LogP contribution in [-0.2, 0) is 4.74 Å². The molecule has 0 unspecified atom stereocenters. The Kier molecular flexibility index (Phi) is 7.70. The Balaban J connectivity index is 2.18. The number of carbonyl (C=O) groups excluding carboxylic acids is 1. The van der Waals surface area contributed by atoms with E-state index in [1.54, 1.807) is 0 Å². The smallest absolute Gasteiger partial charge is 0.340 e. The van der Waals surface area contributed by atoms with Crippen LogP contribution in [0.2, 0.25) is 0 Å². The molecule has 0 spiro atoms. The summed E-state index contributed by atoms with van der Waals surface area (Å²) >= 11 is 0. The van der Waals surface area contributed by atoms with Crippen LogP contribution in [-0.4, -0.2) is 12.6 Å². The molecule has 0 aliphatic carbocycles. The molecule has 1 rings (SSSR count). The molecule has 0 aliphatic heterocycles. The Labute approximate surface area is 120 Å². The third-order valence-electron chi connectivity index (χ3n) is 3.22. The summed E-state index contributed by atoms with van der Waals surface area (Å²) in [5.74, 6) is -1.03. The summed E-state index contributed by atoms with van der Waals surface area (Å²) < 4.78 is 18.1. The first-order chi connectivity index (χ1) is 9.65. The van der Waals surface area contributed by atoms with Crippen LogP contribution < -0.4 is 5.73 Å². The zero-order valence-electron chi connectivity index (χ0n) is 12.2. The molecule has 0 saturated carbocycles. The second-order valence-corrected chi connectivity index (χ2v) is 4.99. The highest BCUT2D eigenvalue weighted by molar-refractivity contribution is 5.95. The van der Waals surface area contributed by atoms with Crippen molar-refractivity contribution in [2.75, 3.05) is 12.3 Å². The van der Waals surface area contributed by atoms with Crippen molar-refractivity contribution in [1.29, 1.82) is 0 Å². The van der Waals surface area contributed by atoms with E-state index in [4.69, 9.17) is 10.5 Å². The second-order valence-electron chi connectivity index (χ2n) is 4.99. The second kappa shape index (κ2) is 9.34. The average molecular weight is 281 g/mol. The summed E-state index contributed by atoms with van der Waals surface area (Å²) in [5, 5.41) is 0. The van der Waals surface area contributed by atoms with Gasteiger partial charge in [0, 0.05) is 5.69 Å². The van der Waals surface area contributed by atoms with Gasteiger partial charge in [-0.05, 0) is 24.6 Å². The van der Waals surface area contributed by atoms with Crippen molar-refractivity contribution in [3.05, 3.63) is 29.6 Å². The van der Waals surface area contributed by atoms with Gasteiger partial charge in [0.2, 0.25) is 0 Å². The molecule has 0 saturated heterocycles. The Bertz CT molecular complexity index is 421. The van der Waals surface area contributed by atoms with E-state index in [1.807, 2.05) is 0 Å². The molecule has 4 heteroatoms. The topological polar surface area (TPSA) is 52.3 Å². The summed E-state index contributed by atoms with van der Waals surface area (Å²) in [6.07, 6.45) is 8.09. The number of halogens is 1. The van der Waals surface area contributed by atoms with Crippen LogP contribution in [0.15, 0.2) is 18.2 Å². The van der Waals surface area contributed by atoms with Gasteiger partial charge in [0.15, 0.2) is 0 Å². The van der Waals surface area contributed by atoms with E-state index < -0.39 is 11.8 Å². The van der Waals surface area contributed by atoms with Gasteiger partial charge < -0.3 is 10.5 Å². The first-order valence-electron chi connectivity index (χ1n) is 7.37. The monoisotopic (exact) mass is 281 g/mol. The maximum Gasteiger partial charge on any atom is 0.340 e. The van der Waals surface area contributed by atoms with Crippen molar-refractivity contribution in [2.24, 2.45) is 0 Å². The highest BCUT2D eigenvalue weighted by Gasteiger charge is 2.11. The van der Waals surface area contributed by atoms with Gasteiger partial charge in [-0.25, -0.2) is 9.18 Å². The lowest BCUT2D eigenvalue weighted by Gasteiger charge is -2.07. The largest absolute Gasteiger partial charge is 0.462 e. The number of unbranched alkanes of at least 4 members (excludes halogenated alkanes) is 6. The van der Waals surface area contributed by atoms with Gasteiger partial charge in [-0.3, -0.25) is 0 Å². The van der Waals surface area contributed by atoms with E-state index in [9.17, 15) is 9.18 Å². The molecule has 1 aromatic rings. The Morgan fingerprint density at radius 2 is 1.80 bits per heavy atom. The first-order valence-corrected chi connectivity index (χ1v) is 7.37. The van der Waals surface area contributed by atoms with E-state index in [2.05, 4.69) is 6.92 Å². The molecule has 1 aromatic carbocycles. The fraction of sp³-hybridized carbons (Fsp3) is 0.562. The van der Waals surface area contributed by atoms with Crippen molar-refractivity contribution in [1.82, 2.24) is 0 Å². The Morgan fingerprint density at radius 3 is 2.50 bits per heavy atom. The lowest BCUT2D eigenvalue weighted by molar-refractivity contribution is 0.0498. The van der Waals surface area contributed by atoms with E-state index in [0.717, 1.165) is 18.9 Å². The van der Waals surface area contributed by atoms with Gasteiger partial charge in [-0.2, -0.15) is 0 Å². The number of hydrogen-bond acceptors (Lipinski definition) is 3. The maximum absolute atomic E-state index is 13.0. The van der Waals surface area contributed by atoms with E-state index in [-0.39, 0.29) is 11.3 Å². The van der Waals surface area contributed by atoms with Crippen molar-refractivity contribution in [3.8, 4) is 0 Å². The van der Waals surface area contributed by atoms with Crippen LogP contribution >= 0.6 is 0 Å². The van der Waals surface area contributed by atoms with Crippen LogP contribution in [0.4, 0.5) is 10.1 Å². The minimum Gasteiger partial charge on any atom is -0.462 e. The quantitative estimate of drug-likeness (QED) is 0.417. The number of carbonyl (C=O) groups is 1. The number of nitrogen functional groups attached to an aromatic ring is 1. The highest BCUT2D eigenvalue weighted by Crippen LogP contribution is 2.15. The average Bonchev–Trinajstić information content (AvgIpc) is 2.44. The molecule has 0 bridgehead atoms. The number of benzene rings is 1. The molecule has 0 aliphatic rings. The third-order valence-corrected chi connectivity index (χ3v) is 3.22. The van der Waals surface area contributed by atoms with Gasteiger partial charge in [0.1, 0.15) is 5.82 Å². The van der Waals surface area contributed by atoms with Crippen LogP contribution in [0.1, 0.15) is 62.2 Å². The molecule has 20 heavy (non-hydrogen) atoms. The molecular weight excluding hydrogens is 257 g/mol. The maximum atomic E-state index is 13.0. The minimum atomic E-state index is -0.548. The van der Waals surface area contributed by atoms with Gasteiger partial charge >= 0.3 is 5.97 Å². The van der Waals surface area contributed by atoms with Gasteiger partial charge in [-0.1, -0.05) is 45.4 Å². The predicted octanol–water partition coefficient (Wildman–Crippen LogP) is 4.32. The molecule has 112 valence electrons. The SMILES string of the molecule is CCCCCCCCCOC(=O)c1cc(F)ccc1N. The number of nitrogens with two attached hydrogens (primary N) is 1. The number of anilines is 1. The van der Waals surface area contributed by atoms with Gasteiger partial charge in [0.25, 0.3) is 0 Å². The Morgan fingerprint density at radius 1 is 1.15 bits per heavy atom. The summed E-state index contributed by atoms with van der Waals surface area (Å²) in [5.41, 5.74) is 5.97. The summed E-state index contributed by atoms with van der Waals surface area (Å²) in [4.78, 5) is 11.7. The summed E-state index contributed by atoms with van der Waals surface area (Å²) in [6, 6.07) is 3.71. The van der Waals surface area contributed by atoms with Crippen molar-refractivity contribution >= 4 is 11.7 Å². The van der Waals surface area contributed by atoms with Crippen molar-refractivity contribution in [2.45, 2.75) is 51.9 Å².